The van der Waals surface area contributed by atoms with Crippen molar-refractivity contribution in [1.29, 1.82) is 0 Å². The molecule has 0 saturated carbocycles. The van der Waals surface area contributed by atoms with Crippen LogP contribution < -0.4 is 14.2 Å². The molecule has 0 amide bonds. The maximum absolute atomic E-state index is 13.7. The summed E-state index contributed by atoms with van der Waals surface area (Å²) in [6.45, 7) is 0.115. The second kappa shape index (κ2) is 11.1. The zero-order valence-electron chi connectivity index (χ0n) is 22.6. The van der Waals surface area contributed by atoms with E-state index in [1.54, 1.807) is 53.2 Å². The summed E-state index contributed by atoms with van der Waals surface area (Å²) in [4.78, 5) is 17.9. The molecule has 0 unspecified atom stereocenters. The van der Waals surface area contributed by atoms with Gasteiger partial charge in [0.2, 0.25) is 4.96 Å². The monoisotopic (exact) mass is 611 g/mol. The zero-order chi connectivity index (χ0) is 30.3. The van der Waals surface area contributed by atoms with Crippen molar-refractivity contribution >= 4 is 33.1 Å². The number of carbonyl (C=O) groups is 1. The van der Waals surface area contributed by atoms with Crippen LogP contribution >= 0.6 is 11.3 Å². The molecule has 0 fully saturated rings. The Hall–Kier alpha value is -4.91. The topological polar surface area (TPSA) is 88.1 Å². The van der Waals surface area contributed by atoms with Crippen molar-refractivity contribution < 1.29 is 41.0 Å². The maximum Gasteiger partial charge on any atom is 0.419 e. The number of furan rings is 1. The Labute approximate surface area is 245 Å². The summed E-state index contributed by atoms with van der Waals surface area (Å²) >= 11 is 1.29. The summed E-state index contributed by atoms with van der Waals surface area (Å²) < 4.78 is 77.3. The van der Waals surface area contributed by atoms with Gasteiger partial charge < -0.3 is 18.6 Å². The van der Waals surface area contributed by atoms with Crippen LogP contribution in [0.25, 0.3) is 27.4 Å². The summed E-state index contributed by atoms with van der Waals surface area (Å²) in [6.07, 6.45) is -3.35. The van der Waals surface area contributed by atoms with Gasteiger partial charge in [0.25, 0.3) is 5.19 Å². The summed E-state index contributed by atoms with van der Waals surface area (Å²) in [6, 6.07) is 14.4. The zero-order valence-corrected chi connectivity index (χ0v) is 23.4. The lowest BCUT2D eigenvalue weighted by Crippen LogP contribution is -2.11. The number of halogens is 4. The van der Waals surface area contributed by atoms with Gasteiger partial charge >= 0.3 is 6.18 Å². The van der Waals surface area contributed by atoms with Gasteiger partial charge in [0.05, 0.1) is 31.4 Å². The Morgan fingerprint density at radius 2 is 1.84 bits per heavy atom. The molecule has 43 heavy (non-hydrogen) atoms. The molecule has 0 aliphatic carbocycles. The first-order valence-corrected chi connectivity index (χ1v) is 13.6. The van der Waals surface area contributed by atoms with Gasteiger partial charge in [-0.1, -0.05) is 24.3 Å². The lowest BCUT2D eigenvalue weighted by atomic mass is 9.99. The molecule has 0 atom stereocenters. The van der Waals surface area contributed by atoms with Gasteiger partial charge in [-0.3, -0.25) is 4.79 Å². The van der Waals surface area contributed by atoms with Crippen LogP contribution in [0.15, 0.2) is 71.3 Å². The van der Waals surface area contributed by atoms with Gasteiger partial charge in [0, 0.05) is 24.1 Å². The number of carbonyl (C=O) groups excluding carboxylic acids is 1. The molecule has 0 aliphatic rings. The predicted octanol–water partition coefficient (Wildman–Crippen LogP) is 7.38. The van der Waals surface area contributed by atoms with Crippen LogP contribution in [0.4, 0.5) is 17.6 Å². The number of ketones is 1. The third-order valence-corrected chi connectivity index (χ3v) is 7.49. The van der Waals surface area contributed by atoms with E-state index in [0.29, 0.717) is 61.8 Å². The van der Waals surface area contributed by atoms with E-state index in [1.807, 2.05) is 0 Å². The van der Waals surface area contributed by atoms with Gasteiger partial charge in [-0.15, -0.1) is 5.10 Å². The van der Waals surface area contributed by atoms with E-state index in [2.05, 4.69) is 10.1 Å². The van der Waals surface area contributed by atoms with E-state index in [9.17, 15) is 22.4 Å². The Morgan fingerprint density at radius 1 is 1.02 bits per heavy atom. The molecule has 6 rings (SSSR count). The van der Waals surface area contributed by atoms with Crippen molar-refractivity contribution in [1.82, 2.24) is 14.6 Å². The van der Waals surface area contributed by atoms with E-state index in [4.69, 9.17) is 18.6 Å². The number of ether oxygens (including phenoxy) is 3. The number of imidazole rings is 1. The highest BCUT2D eigenvalue weighted by Crippen LogP contribution is 2.38. The molecule has 0 saturated heterocycles. The Morgan fingerprint density at radius 3 is 2.58 bits per heavy atom. The highest BCUT2D eigenvalue weighted by Gasteiger charge is 2.34. The molecule has 3 aromatic carbocycles. The number of benzene rings is 3. The van der Waals surface area contributed by atoms with E-state index in [0.717, 1.165) is 11.6 Å². The summed E-state index contributed by atoms with van der Waals surface area (Å²) in [5.74, 6) is -0.506. The SMILES string of the molecule is COc1cc(OCc2cccc(CC(=O)c3ccc(F)c(C(F)(F)F)c3)c2)c2cc(-c3cn4nc(OC)sc4n3)oc2c1. The van der Waals surface area contributed by atoms with E-state index >= 15 is 0 Å². The van der Waals surface area contributed by atoms with Crippen molar-refractivity contribution in [3.8, 4) is 28.1 Å². The van der Waals surface area contributed by atoms with E-state index in [1.165, 1.54) is 25.6 Å². The van der Waals surface area contributed by atoms with Gasteiger partial charge in [0.1, 0.15) is 35.2 Å². The second-order valence-corrected chi connectivity index (χ2v) is 10.4. The molecule has 0 bridgehead atoms. The fourth-order valence-electron chi connectivity index (χ4n) is 4.52. The molecule has 0 N–H and O–H groups in total. The maximum atomic E-state index is 13.7. The lowest BCUT2D eigenvalue weighted by Gasteiger charge is -2.11. The highest BCUT2D eigenvalue weighted by molar-refractivity contribution is 7.18. The molecular formula is C30H21F4N3O5S. The van der Waals surface area contributed by atoms with Crippen LogP contribution in [0, 0.1) is 5.82 Å². The molecule has 220 valence electrons. The van der Waals surface area contributed by atoms with Crippen LogP contribution in [0.1, 0.15) is 27.0 Å². The first-order chi connectivity index (χ1) is 20.6. The van der Waals surface area contributed by atoms with Crippen molar-refractivity contribution in [3.05, 3.63) is 94.9 Å². The summed E-state index contributed by atoms with van der Waals surface area (Å²) in [5, 5.41) is 5.45. The normalized spacial score (nSPS) is 11.8. The highest BCUT2D eigenvalue weighted by atomic mass is 32.1. The molecule has 8 nitrogen and oxygen atoms in total. The molecule has 0 aliphatic heterocycles. The van der Waals surface area contributed by atoms with Crippen LogP contribution in [0.2, 0.25) is 0 Å². The average molecular weight is 612 g/mol. The molecule has 0 spiro atoms. The first-order valence-electron chi connectivity index (χ1n) is 12.7. The smallest absolute Gasteiger partial charge is 0.419 e. The third-order valence-electron chi connectivity index (χ3n) is 6.60. The fourth-order valence-corrected chi connectivity index (χ4v) is 5.22. The molecular weight excluding hydrogens is 590 g/mol. The molecule has 0 radical (unpaired) electrons. The van der Waals surface area contributed by atoms with Gasteiger partial charge in [-0.05, 0) is 46.7 Å². The molecule has 3 heterocycles. The number of aromatic nitrogens is 3. The Bertz CT molecular complexity index is 1950. The van der Waals surface area contributed by atoms with Gasteiger partial charge in [-0.2, -0.15) is 13.2 Å². The Kier molecular flexibility index (Phi) is 7.26. The Balaban J connectivity index is 1.21. The molecule has 13 heteroatoms. The minimum absolute atomic E-state index is 0.115. The third kappa shape index (κ3) is 5.75. The van der Waals surface area contributed by atoms with Crippen LogP contribution in [0.5, 0.6) is 16.7 Å². The number of hydrogen-bond acceptors (Lipinski definition) is 8. The summed E-state index contributed by atoms with van der Waals surface area (Å²) in [5.41, 5.74) is 0.672. The van der Waals surface area contributed by atoms with Crippen molar-refractivity contribution in [2.75, 3.05) is 14.2 Å². The number of fused-ring (bicyclic) bond motifs is 2. The largest absolute Gasteiger partial charge is 0.496 e. The number of Topliss-reactive ketones (excluding diaryl/α,β-unsaturated/α-hetero) is 1. The average Bonchev–Trinajstić information content (AvgIpc) is 3.69. The molecule has 3 aromatic heterocycles. The minimum Gasteiger partial charge on any atom is -0.496 e. The second-order valence-electron chi connectivity index (χ2n) is 9.47. The van der Waals surface area contributed by atoms with E-state index < -0.39 is 23.3 Å². The van der Waals surface area contributed by atoms with Crippen molar-refractivity contribution in [3.63, 3.8) is 0 Å². The van der Waals surface area contributed by atoms with Gasteiger partial charge in [0.15, 0.2) is 11.5 Å². The fraction of sp³-hybridized carbons (Fsp3) is 0.167. The quantitative estimate of drug-likeness (QED) is 0.125. The predicted molar refractivity (Wildman–Crippen MR) is 149 cm³/mol. The lowest BCUT2D eigenvalue weighted by molar-refractivity contribution is -0.140. The first kappa shape index (κ1) is 28.2. The number of alkyl halides is 3. The minimum atomic E-state index is -4.90. The number of methoxy groups -OCH3 is 2. The van der Waals surface area contributed by atoms with Gasteiger partial charge in [-0.25, -0.2) is 13.9 Å². The molecule has 6 aromatic rings. The standard InChI is InChI=1S/C30H21F4N3O5S/c1-39-19-11-25(20-13-27(42-26(20)12-19)23-14-37-28(35-23)43-29(36-37)40-2)41-15-17-5-3-4-16(8-17)9-24(38)18-6-7-22(31)21(10-18)30(32,33)34/h3-8,10-14H,9,15H2,1-2H3. The van der Waals surface area contributed by atoms with Crippen LogP contribution in [-0.4, -0.2) is 34.6 Å². The van der Waals surface area contributed by atoms with Crippen LogP contribution in [0.3, 0.4) is 0 Å². The number of hydrogen-bond donors (Lipinski definition) is 0. The summed E-state index contributed by atoms with van der Waals surface area (Å²) in [7, 11) is 3.06. The number of nitrogens with zero attached hydrogens (tertiary/aromatic N) is 3. The van der Waals surface area contributed by atoms with Crippen molar-refractivity contribution in [2.24, 2.45) is 0 Å². The van der Waals surface area contributed by atoms with Crippen LogP contribution in [-0.2, 0) is 19.2 Å². The van der Waals surface area contributed by atoms with Crippen molar-refractivity contribution in [2.45, 2.75) is 19.2 Å². The van der Waals surface area contributed by atoms with E-state index in [-0.39, 0.29) is 18.6 Å². The number of rotatable bonds is 9.